The van der Waals surface area contributed by atoms with E-state index in [-0.39, 0.29) is 0 Å². The number of halogens is 1. The fourth-order valence-corrected chi connectivity index (χ4v) is 6.33. The Kier molecular flexibility index (Phi) is 7.75. The van der Waals surface area contributed by atoms with Gasteiger partial charge >= 0.3 is 5.97 Å². The molecule has 0 spiro atoms. The van der Waals surface area contributed by atoms with Gasteiger partial charge in [0.25, 0.3) is 0 Å². The molecule has 3 heterocycles. The predicted octanol–water partition coefficient (Wildman–Crippen LogP) is 7.13. The van der Waals surface area contributed by atoms with E-state index in [9.17, 15) is 9.90 Å². The van der Waals surface area contributed by atoms with Crippen molar-refractivity contribution in [3.63, 3.8) is 0 Å². The summed E-state index contributed by atoms with van der Waals surface area (Å²) in [5, 5.41) is 11.7. The molecule has 1 aliphatic heterocycles. The molecule has 0 bridgehead atoms. The van der Waals surface area contributed by atoms with E-state index in [2.05, 4.69) is 16.9 Å². The number of fused-ring (bicyclic) bond motifs is 1. The number of carboxylic acids is 1. The third-order valence-corrected chi connectivity index (χ3v) is 8.36. The zero-order valence-electron chi connectivity index (χ0n) is 22.9. The molecule has 2 aromatic carbocycles. The van der Waals surface area contributed by atoms with E-state index in [1.807, 2.05) is 70.3 Å². The van der Waals surface area contributed by atoms with Crippen LogP contribution >= 0.6 is 22.9 Å². The molecule has 39 heavy (non-hydrogen) atoms. The van der Waals surface area contributed by atoms with Crippen molar-refractivity contribution in [2.75, 3.05) is 20.1 Å². The normalized spacial score (nSPS) is 16.1. The van der Waals surface area contributed by atoms with E-state index in [1.54, 1.807) is 0 Å². The Labute approximate surface area is 237 Å². The Bertz CT molecular complexity index is 1510. The molecule has 1 N–H and O–H groups in total. The van der Waals surface area contributed by atoms with E-state index in [1.165, 1.54) is 11.3 Å². The van der Waals surface area contributed by atoms with Crippen LogP contribution in [0.1, 0.15) is 62.6 Å². The molecule has 204 valence electrons. The summed E-state index contributed by atoms with van der Waals surface area (Å²) < 4.78 is 7.00. The second kappa shape index (κ2) is 10.9. The maximum atomic E-state index is 12.6. The van der Waals surface area contributed by atoms with Crippen LogP contribution in [0.3, 0.4) is 0 Å². The number of hydrogen-bond acceptors (Lipinski definition) is 7. The number of benzene rings is 2. The van der Waals surface area contributed by atoms with Gasteiger partial charge in [-0.05, 0) is 96.1 Å². The van der Waals surface area contributed by atoms with Crippen LogP contribution in [0, 0.1) is 6.92 Å². The Morgan fingerprint density at radius 1 is 1.15 bits per heavy atom. The van der Waals surface area contributed by atoms with E-state index < -0.39 is 17.7 Å². The van der Waals surface area contributed by atoms with Gasteiger partial charge in [0.1, 0.15) is 16.5 Å². The lowest BCUT2D eigenvalue weighted by molar-refractivity contribution is -0.160. The molecule has 1 fully saturated rings. The van der Waals surface area contributed by atoms with Gasteiger partial charge in [0.15, 0.2) is 6.10 Å². The smallest absolute Gasteiger partial charge is 0.337 e. The lowest BCUT2D eigenvalue weighted by Crippen LogP contribution is -2.29. The number of carboxylic acid groups (broad SMARTS) is 1. The van der Waals surface area contributed by atoms with Crippen molar-refractivity contribution < 1.29 is 14.6 Å². The Morgan fingerprint density at radius 2 is 1.85 bits per heavy atom. The Balaban J connectivity index is 1.67. The number of nitrogens with zero attached hydrogens (tertiary/aromatic N) is 4. The zero-order chi connectivity index (χ0) is 27.9. The first-order valence-electron chi connectivity index (χ1n) is 13.1. The average molecular weight is 565 g/mol. The highest BCUT2D eigenvalue weighted by Crippen LogP contribution is 2.44. The lowest BCUT2D eigenvalue weighted by Gasteiger charge is -2.28. The van der Waals surface area contributed by atoms with Crippen LogP contribution in [0.15, 0.2) is 42.6 Å². The van der Waals surface area contributed by atoms with Crippen LogP contribution in [-0.4, -0.2) is 56.7 Å². The quantitative estimate of drug-likeness (QED) is 0.266. The molecule has 4 aromatic rings. The van der Waals surface area contributed by atoms with Gasteiger partial charge in [0, 0.05) is 28.3 Å². The topological polar surface area (TPSA) is 88.4 Å². The highest BCUT2D eigenvalue weighted by Gasteiger charge is 2.32. The van der Waals surface area contributed by atoms with Crippen LogP contribution < -0.4 is 0 Å². The first-order chi connectivity index (χ1) is 18.5. The minimum Gasteiger partial charge on any atom is -0.479 e. The summed E-state index contributed by atoms with van der Waals surface area (Å²) in [6.45, 7) is 9.57. The first kappa shape index (κ1) is 27.6. The van der Waals surface area contributed by atoms with Crippen molar-refractivity contribution in [1.82, 2.24) is 19.9 Å². The van der Waals surface area contributed by atoms with E-state index in [0.717, 1.165) is 69.4 Å². The number of rotatable bonds is 6. The maximum Gasteiger partial charge on any atom is 0.337 e. The number of piperidine rings is 1. The van der Waals surface area contributed by atoms with Gasteiger partial charge in [-0.3, -0.25) is 0 Å². The summed E-state index contributed by atoms with van der Waals surface area (Å²) in [5.74, 6) is 0.157. The molecule has 0 radical (unpaired) electrons. The average Bonchev–Trinajstić information content (AvgIpc) is 3.31. The maximum absolute atomic E-state index is 12.6. The van der Waals surface area contributed by atoms with Crippen molar-refractivity contribution in [1.29, 1.82) is 0 Å². The fourth-order valence-electron chi connectivity index (χ4n) is 5.10. The lowest BCUT2D eigenvalue weighted by atomic mass is 9.91. The zero-order valence-corrected chi connectivity index (χ0v) is 24.4. The highest BCUT2D eigenvalue weighted by atomic mass is 35.5. The molecule has 0 saturated carbocycles. The van der Waals surface area contributed by atoms with Crippen LogP contribution in [0.2, 0.25) is 5.02 Å². The van der Waals surface area contributed by atoms with Crippen LogP contribution in [0.25, 0.3) is 32.0 Å². The standard InChI is InChI=1S/C30H33ClN4O3S/c1-17-16-22-26(39-28(34-22)21-10-13-32-27(33-21)19-11-14-35(5)15-12-19)24(18-6-8-20(31)9-7-18)23(17)25(29(36)37)38-30(2,3)4/h6-10,13,16,19,25H,11-12,14-15H2,1-5H3,(H,36,37)/t25-/m0/s1. The Morgan fingerprint density at radius 3 is 2.49 bits per heavy atom. The van der Waals surface area contributed by atoms with Gasteiger partial charge in [-0.2, -0.15) is 0 Å². The molecule has 0 amide bonds. The van der Waals surface area contributed by atoms with Gasteiger partial charge in [-0.1, -0.05) is 23.7 Å². The molecule has 1 saturated heterocycles. The third-order valence-electron chi connectivity index (χ3n) is 7.00. The molecule has 2 aromatic heterocycles. The van der Waals surface area contributed by atoms with Gasteiger partial charge < -0.3 is 14.7 Å². The molecule has 1 aliphatic rings. The van der Waals surface area contributed by atoms with Crippen molar-refractivity contribution in [2.45, 2.75) is 58.2 Å². The number of thiazole rings is 1. The third kappa shape index (κ3) is 5.99. The number of aliphatic carboxylic acids is 1. The number of hydrogen-bond donors (Lipinski definition) is 1. The predicted molar refractivity (Wildman–Crippen MR) is 157 cm³/mol. The van der Waals surface area contributed by atoms with Gasteiger partial charge in [-0.25, -0.2) is 19.7 Å². The molecule has 1 atom stereocenters. The van der Waals surface area contributed by atoms with E-state index in [0.29, 0.717) is 16.5 Å². The Hall–Kier alpha value is -2.91. The highest BCUT2D eigenvalue weighted by molar-refractivity contribution is 7.22. The van der Waals surface area contributed by atoms with Crippen molar-refractivity contribution in [2.24, 2.45) is 0 Å². The minimum absolute atomic E-state index is 0.333. The summed E-state index contributed by atoms with van der Waals surface area (Å²) in [6.07, 6.45) is 2.73. The molecule has 9 heteroatoms. The second-order valence-electron chi connectivity index (χ2n) is 11.2. The number of aromatic nitrogens is 3. The van der Waals surface area contributed by atoms with Gasteiger partial charge in [0.2, 0.25) is 0 Å². The number of aryl methyl sites for hydroxylation is 1. The summed E-state index contributed by atoms with van der Waals surface area (Å²) in [5.41, 5.74) is 3.99. The summed E-state index contributed by atoms with van der Waals surface area (Å²) in [4.78, 5) is 29.4. The number of likely N-dealkylation sites (tertiary alicyclic amines) is 1. The number of ether oxygens (including phenoxy) is 1. The van der Waals surface area contributed by atoms with Crippen LogP contribution in [0.4, 0.5) is 0 Å². The van der Waals surface area contributed by atoms with Crippen molar-refractivity contribution in [3.8, 4) is 21.8 Å². The fraction of sp³-hybridized carbons (Fsp3) is 0.400. The molecular formula is C30H33ClN4O3S. The second-order valence-corrected chi connectivity index (χ2v) is 12.6. The summed E-state index contributed by atoms with van der Waals surface area (Å²) in [6, 6.07) is 11.3. The number of carbonyl (C=O) groups is 1. The molecule has 0 unspecified atom stereocenters. The minimum atomic E-state index is -1.15. The van der Waals surface area contributed by atoms with Crippen LogP contribution in [-0.2, 0) is 9.53 Å². The molecule has 7 nitrogen and oxygen atoms in total. The van der Waals surface area contributed by atoms with E-state index in [4.69, 9.17) is 26.3 Å². The largest absolute Gasteiger partial charge is 0.479 e. The van der Waals surface area contributed by atoms with E-state index >= 15 is 0 Å². The molecule has 5 rings (SSSR count). The van der Waals surface area contributed by atoms with Gasteiger partial charge in [-0.15, -0.1) is 11.3 Å². The summed E-state index contributed by atoms with van der Waals surface area (Å²) >= 11 is 7.72. The van der Waals surface area contributed by atoms with Crippen LogP contribution in [0.5, 0.6) is 0 Å². The van der Waals surface area contributed by atoms with Gasteiger partial charge in [0.05, 0.1) is 15.8 Å². The molecular weight excluding hydrogens is 532 g/mol. The first-order valence-corrected chi connectivity index (χ1v) is 14.3. The molecule has 0 aliphatic carbocycles. The summed E-state index contributed by atoms with van der Waals surface area (Å²) in [7, 11) is 2.14. The van der Waals surface area contributed by atoms with Crippen molar-refractivity contribution >= 4 is 39.1 Å². The van der Waals surface area contributed by atoms with Crippen molar-refractivity contribution in [3.05, 3.63) is 64.6 Å². The monoisotopic (exact) mass is 564 g/mol. The SMILES string of the molecule is Cc1cc2nc(-c3ccnc(C4CCN(C)CC4)n3)sc2c(-c2ccc(Cl)cc2)c1[C@H](OC(C)(C)C)C(=O)O.